The van der Waals surface area contributed by atoms with Crippen LogP contribution in [0.5, 0.6) is 0 Å². The monoisotopic (exact) mass is 443 g/mol. The molecule has 1 aromatic carbocycles. The van der Waals surface area contributed by atoms with E-state index in [0.29, 0.717) is 22.8 Å². The number of hydrogen-bond acceptors (Lipinski definition) is 6. The van der Waals surface area contributed by atoms with Crippen LogP contribution in [0.4, 0.5) is 5.69 Å². The van der Waals surface area contributed by atoms with Crippen LogP contribution in [0.1, 0.15) is 49.4 Å². The number of carbonyl (C=O) groups is 2. The summed E-state index contributed by atoms with van der Waals surface area (Å²) >= 11 is 7.50. The molecule has 2 aromatic heterocycles. The van der Waals surface area contributed by atoms with Gasteiger partial charge in [0.05, 0.1) is 16.4 Å². The van der Waals surface area contributed by atoms with Crippen LogP contribution in [0.3, 0.4) is 0 Å². The molecule has 0 aliphatic rings. The minimum absolute atomic E-state index is 0.128. The minimum atomic E-state index is -1.05. The molecule has 1 N–H and O–H groups in total. The third-order valence-electron chi connectivity index (χ3n) is 4.73. The predicted octanol–water partition coefficient (Wildman–Crippen LogP) is 4.28. The fourth-order valence-electron chi connectivity index (χ4n) is 2.81. The van der Waals surface area contributed by atoms with Crippen molar-refractivity contribution >= 4 is 40.6 Å². The number of aromatic nitrogens is 3. The lowest BCUT2D eigenvalue weighted by molar-refractivity contribution is -0.124. The van der Waals surface area contributed by atoms with Crippen molar-refractivity contribution in [3.63, 3.8) is 0 Å². The van der Waals surface area contributed by atoms with Crippen LogP contribution in [-0.2, 0) is 4.79 Å². The highest BCUT2D eigenvalue weighted by molar-refractivity contribution is 7.03. The van der Waals surface area contributed by atoms with Gasteiger partial charge in [-0.3, -0.25) is 19.5 Å². The number of hydrogen-bond donors (Lipinski definition) is 1. The summed E-state index contributed by atoms with van der Waals surface area (Å²) in [6.45, 7) is 5.83. The summed E-state index contributed by atoms with van der Waals surface area (Å²) in [4.78, 5) is 32.7. The first-order chi connectivity index (χ1) is 14.3. The number of pyridine rings is 1. The number of para-hydroxylation sites is 1. The molecule has 0 bridgehead atoms. The highest BCUT2D eigenvalue weighted by atomic mass is 35.5. The van der Waals surface area contributed by atoms with Gasteiger partial charge in [0.2, 0.25) is 5.91 Å². The average molecular weight is 444 g/mol. The maximum Gasteiger partial charge on any atom is 0.280 e. The predicted molar refractivity (Wildman–Crippen MR) is 118 cm³/mol. The van der Waals surface area contributed by atoms with Crippen LogP contribution < -0.4 is 10.2 Å². The Labute approximate surface area is 184 Å². The van der Waals surface area contributed by atoms with Gasteiger partial charge in [0.1, 0.15) is 0 Å². The smallest absolute Gasteiger partial charge is 0.280 e. The van der Waals surface area contributed by atoms with Gasteiger partial charge in [-0.1, -0.05) is 41.2 Å². The molecule has 0 radical (unpaired) electrons. The van der Waals surface area contributed by atoms with Gasteiger partial charge in [-0.2, -0.15) is 0 Å². The number of amides is 2. The fraction of sp³-hybridized carbons (Fsp3) is 0.286. The summed E-state index contributed by atoms with van der Waals surface area (Å²) in [5, 5.41) is 8.79. The molecule has 1 atom stereocenters. The Morgan fingerprint density at radius 2 is 1.93 bits per heavy atom. The molecule has 0 spiro atoms. The molecular formula is C21H22ClN5O2S. The standard InChI is InChI=1S/C21H22ClN5O2S/c1-4-21(2,3)24-19(28)18(15-10-7-8-12-23-15)27(17-11-6-5-9-14(17)22)20(29)16-13-30-26-25-16/h5-13,18H,4H2,1-3H3,(H,24,28)/t18-/m0/s1. The Hall–Kier alpha value is -2.84. The third-order valence-corrected chi connectivity index (χ3v) is 5.55. The number of halogens is 1. The zero-order valence-electron chi connectivity index (χ0n) is 16.9. The second-order valence-electron chi connectivity index (χ2n) is 7.30. The quantitative estimate of drug-likeness (QED) is 0.588. The summed E-state index contributed by atoms with van der Waals surface area (Å²) < 4.78 is 3.79. The van der Waals surface area contributed by atoms with E-state index in [1.54, 1.807) is 48.7 Å². The largest absolute Gasteiger partial charge is 0.349 e. The van der Waals surface area contributed by atoms with E-state index in [1.165, 1.54) is 10.3 Å². The number of anilines is 1. The van der Waals surface area contributed by atoms with E-state index in [0.717, 1.165) is 11.5 Å². The van der Waals surface area contributed by atoms with Crippen molar-refractivity contribution in [2.45, 2.75) is 38.8 Å². The Morgan fingerprint density at radius 1 is 1.20 bits per heavy atom. The zero-order chi connectivity index (χ0) is 21.7. The molecule has 156 valence electrons. The molecule has 9 heteroatoms. The van der Waals surface area contributed by atoms with E-state index in [4.69, 9.17) is 11.6 Å². The molecule has 0 aliphatic carbocycles. The van der Waals surface area contributed by atoms with Gasteiger partial charge in [0, 0.05) is 17.1 Å². The summed E-state index contributed by atoms with van der Waals surface area (Å²) in [6, 6.07) is 11.0. The third kappa shape index (κ3) is 4.83. The van der Waals surface area contributed by atoms with E-state index in [9.17, 15) is 9.59 Å². The molecule has 0 saturated carbocycles. The normalized spacial score (nSPS) is 12.3. The summed E-state index contributed by atoms with van der Waals surface area (Å²) in [5.41, 5.74) is 0.459. The van der Waals surface area contributed by atoms with Crippen molar-refractivity contribution in [3.05, 3.63) is 70.5 Å². The summed E-state index contributed by atoms with van der Waals surface area (Å²) in [6.07, 6.45) is 2.30. The summed E-state index contributed by atoms with van der Waals surface area (Å²) in [7, 11) is 0. The molecule has 0 aliphatic heterocycles. The van der Waals surface area contributed by atoms with Crippen LogP contribution in [0.25, 0.3) is 0 Å². The Kier molecular flexibility index (Phi) is 6.79. The molecule has 30 heavy (non-hydrogen) atoms. The highest BCUT2D eigenvalue weighted by Gasteiger charge is 2.37. The number of nitrogens with one attached hydrogen (secondary N) is 1. The second-order valence-corrected chi connectivity index (χ2v) is 8.32. The van der Waals surface area contributed by atoms with E-state index < -0.39 is 17.5 Å². The van der Waals surface area contributed by atoms with Crippen LogP contribution in [0.2, 0.25) is 5.02 Å². The van der Waals surface area contributed by atoms with Gasteiger partial charge < -0.3 is 5.32 Å². The SMILES string of the molecule is CCC(C)(C)NC(=O)[C@H](c1ccccn1)N(C(=O)c1csnn1)c1ccccc1Cl. The Bertz CT molecular complexity index is 1010. The molecule has 7 nitrogen and oxygen atoms in total. The van der Waals surface area contributed by atoms with E-state index in [1.807, 2.05) is 20.8 Å². The van der Waals surface area contributed by atoms with Crippen molar-refractivity contribution < 1.29 is 9.59 Å². The van der Waals surface area contributed by atoms with Crippen molar-refractivity contribution in [3.8, 4) is 0 Å². The molecule has 0 saturated heterocycles. The van der Waals surface area contributed by atoms with Gasteiger partial charge in [0.25, 0.3) is 5.91 Å². The van der Waals surface area contributed by atoms with Gasteiger partial charge in [-0.25, -0.2) is 0 Å². The Morgan fingerprint density at radius 3 is 2.53 bits per heavy atom. The van der Waals surface area contributed by atoms with Crippen LogP contribution in [0, 0.1) is 0 Å². The van der Waals surface area contributed by atoms with Crippen molar-refractivity contribution in [2.24, 2.45) is 0 Å². The van der Waals surface area contributed by atoms with Gasteiger partial charge >= 0.3 is 0 Å². The lowest BCUT2D eigenvalue weighted by Crippen LogP contribution is -2.50. The Balaban J connectivity index is 2.17. The van der Waals surface area contributed by atoms with Gasteiger partial charge in [0.15, 0.2) is 11.7 Å². The first kappa shape index (κ1) is 21.9. The van der Waals surface area contributed by atoms with Crippen LogP contribution in [-0.4, -0.2) is 31.9 Å². The van der Waals surface area contributed by atoms with Crippen molar-refractivity contribution in [2.75, 3.05) is 4.90 Å². The molecule has 0 fully saturated rings. The maximum absolute atomic E-state index is 13.5. The van der Waals surface area contributed by atoms with Crippen molar-refractivity contribution in [1.29, 1.82) is 0 Å². The number of nitrogens with zero attached hydrogens (tertiary/aromatic N) is 4. The average Bonchev–Trinajstić information content (AvgIpc) is 3.27. The molecule has 2 amide bonds. The van der Waals surface area contributed by atoms with E-state index in [2.05, 4.69) is 19.9 Å². The molecule has 0 unspecified atom stereocenters. The number of carbonyl (C=O) groups excluding carboxylic acids is 2. The molecule has 3 rings (SSSR count). The van der Waals surface area contributed by atoms with Gasteiger partial charge in [-0.05, 0) is 56.1 Å². The first-order valence-electron chi connectivity index (χ1n) is 9.42. The van der Waals surface area contributed by atoms with Crippen LogP contribution >= 0.6 is 23.1 Å². The first-order valence-corrected chi connectivity index (χ1v) is 10.6. The minimum Gasteiger partial charge on any atom is -0.349 e. The second kappa shape index (κ2) is 9.32. The molecule has 2 heterocycles. The topological polar surface area (TPSA) is 88.1 Å². The van der Waals surface area contributed by atoms with Crippen molar-refractivity contribution in [1.82, 2.24) is 19.9 Å². The number of rotatable bonds is 7. The lowest BCUT2D eigenvalue weighted by atomic mass is 10.00. The molecular weight excluding hydrogens is 422 g/mol. The summed E-state index contributed by atoms with van der Waals surface area (Å²) in [5.74, 6) is -0.853. The lowest BCUT2D eigenvalue weighted by Gasteiger charge is -2.34. The fourth-order valence-corrected chi connectivity index (χ4v) is 3.46. The zero-order valence-corrected chi connectivity index (χ0v) is 18.4. The number of benzene rings is 1. The van der Waals surface area contributed by atoms with E-state index >= 15 is 0 Å². The van der Waals surface area contributed by atoms with Crippen LogP contribution in [0.15, 0.2) is 54.0 Å². The van der Waals surface area contributed by atoms with E-state index in [-0.39, 0.29) is 11.6 Å². The van der Waals surface area contributed by atoms with Gasteiger partial charge in [-0.15, -0.1) is 5.10 Å². The maximum atomic E-state index is 13.5. The molecule has 3 aromatic rings. The highest BCUT2D eigenvalue weighted by Crippen LogP contribution is 2.34.